The van der Waals surface area contributed by atoms with E-state index in [1.165, 1.54) is 0 Å². The second-order valence-corrected chi connectivity index (χ2v) is 5.77. The molecule has 2 heterocycles. The van der Waals surface area contributed by atoms with Gasteiger partial charge >= 0.3 is 0 Å². The molecular weight excluding hydrogens is 304 g/mol. The number of aryl methyl sites for hydroxylation is 1. The molecule has 4 heteroatoms. The average Bonchev–Trinajstić information content (AvgIpc) is 2.91. The van der Waals surface area contributed by atoms with E-state index in [2.05, 4.69) is 39.1 Å². The molecule has 0 aliphatic carbocycles. The first-order valence-corrected chi connectivity index (χ1v) is 7.07. The van der Waals surface area contributed by atoms with Crippen molar-refractivity contribution in [2.75, 3.05) is 13.2 Å². The van der Waals surface area contributed by atoms with Crippen LogP contribution < -0.4 is 0 Å². The summed E-state index contributed by atoms with van der Waals surface area (Å²) in [6, 6.07) is 8.39. The fraction of sp³-hybridized carbons (Fsp3) is 0.333. The summed E-state index contributed by atoms with van der Waals surface area (Å²) in [7, 11) is 0. The van der Waals surface area contributed by atoms with Crippen LogP contribution in [-0.4, -0.2) is 18.2 Å². The normalized spacial score (nSPS) is 18.7. The van der Waals surface area contributed by atoms with Gasteiger partial charge in [-0.1, -0.05) is 15.9 Å². The first kappa shape index (κ1) is 12.6. The van der Waals surface area contributed by atoms with Crippen molar-refractivity contribution in [3.8, 4) is 6.07 Å². The predicted molar refractivity (Wildman–Crippen MR) is 77.1 cm³/mol. The van der Waals surface area contributed by atoms with Gasteiger partial charge in [0.15, 0.2) is 0 Å². The molecule has 19 heavy (non-hydrogen) atoms. The van der Waals surface area contributed by atoms with Crippen LogP contribution in [0.25, 0.3) is 10.9 Å². The van der Waals surface area contributed by atoms with Crippen molar-refractivity contribution in [3.63, 3.8) is 0 Å². The van der Waals surface area contributed by atoms with Gasteiger partial charge in [-0.3, -0.25) is 0 Å². The van der Waals surface area contributed by atoms with E-state index in [9.17, 15) is 5.26 Å². The highest BCUT2D eigenvalue weighted by Crippen LogP contribution is 2.32. The van der Waals surface area contributed by atoms with Crippen LogP contribution >= 0.6 is 15.9 Å². The first-order chi connectivity index (χ1) is 9.19. The van der Waals surface area contributed by atoms with E-state index in [0.717, 1.165) is 39.5 Å². The summed E-state index contributed by atoms with van der Waals surface area (Å²) < 4.78 is 6.45. The Labute approximate surface area is 120 Å². The monoisotopic (exact) mass is 316 g/mol. The van der Waals surface area contributed by atoms with Crippen LogP contribution in [0, 0.1) is 18.3 Å². The molecule has 96 valence electrons. The van der Waals surface area contributed by atoms with Gasteiger partial charge < -0.3 is 4.74 Å². The van der Waals surface area contributed by atoms with Gasteiger partial charge in [0, 0.05) is 22.4 Å². The highest BCUT2D eigenvalue weighted by Gasteiger charge is 2.22. The number of pyridine rings is 1. The molecule has 1 unspecified atom stereocenters. The Kier molecular flexibility index (Phi) is 3.26. The van der Waals surface area contributed by atoms with Crippen molar-refractivity contribution in [2.45, 2.75) is 19.3 Å². The van der Waals surface area contributed by atoms with Crippen molar-refractivity contribution >= 4 is 26.8 Å². The topological polar surface area (TPSA) is 45.9 Å². The fourth-order valence-corrected chi connectivity index (χ4v) is 3.24. The summed E-state index contributed by atoms with van der Waals surface area (Å²) >= 11 is 3.58. The van der Waals surface area contributed by atoms with Gasteiger partial charge in [-0.25, -0.2) is 4.98 Å². The van der Waals surface area contributed by atoms with Gasteiger partial charge in [0.1, 0.15) is 11.8 Å². The van der Waals surface area contributed by atoms with E-state index >= 15 is 0 Å². The zero-order valence-electron chi connectivity index (χ0n) is 10.6. The summed E-state index contributed by atoms with van der Waals surface area (Å²) in [5, 5.41) is 10.4. The summed E-state index contributed by atoms with van der Waals surface area (Å²) in [6.45, 7) is 3.48. The van der Waals surface area contributed by atoms with Gasteiger partial charge in [0.25, 0.3) is 0 Å². The Bertz CT molecular complexity index is 685. The molecule has 1 aliphatic rings. The zero-order chi connectivity index (χ0) is 13.4. The molecule has 0 radical (unpaired) electrons. The van der Waals surface area contributed by atoms with Crippen molar-refractivity contribution in [2.24, 2.45) is 0 Å². The molecular formula is C15H13BrN2O. The van der Waals surface area contributed by atoms with Crippen LogP contribution in [0.5, 0.6) is 0 Å². The number of nitriles is 1. The fourth-order valence-electron chi connectivity index (χ4n) is 2.56. The number of nitrogens with zero attached hydrogens (tertiary/aromatic N) is 2. The van der Waals surface area contributed by atoms with Crippen molar-refractivity contribution < 1.29 is 4.74 Å². The van der Waals surface area contributed by atoms with Gasteiger partial charge in [-0.2, -0.15) is 5.26 Å². The smallest absolute Gasteiger partial charge is 0.144 e. The quantitative estimate of drug-likeness (QED) is 0.806. The lowest BCUT2D eigenvalue weighted by Crippen LogP contribution is -2.03. The molecule has 1 aromatic carbocycles. The lowest BCUT2D eigenvalue weighted by Gasteiger charge is -2.12. The molecule has 1 atom stereocenters. The molecule has 3 nitrogen and oxygen atoms in total. The third kappa shape index (κ3) is 2.24. The van der Waals surface area contributed by atoms with Crippen LogP contribution in [0.15, 0.2) is 22.7 Å². The maximum absolute atomic E-state index is 9.31. The van der Waals surface area contributed by atoms with E-state index in [-0.39, 0.29) is 0 Å². The third-order valence-electron chi connectivity index (χ3n) is 3.53. The molecule has 0 amide bonds. The average molecular weight is 317 g/mol. The summed E-state index contributed by atoms with van der Waals surface area (Å²) in [5.74, 6) is 0.291. The number of benzene rings is 1. The van der Waals surface area contributed by atoms with Crippen LogP contribution in [0.2, 0.25) is 0 Å². The molecule has 1 aromatic heterocycles. The van der Waals surface area contributed by atoms with Crippen molar-refractivity contribution in [1.82, 2.24) is 4.98 Å². The maximum atomic E-state index is 9.31. The highest BCUT2D eigenvalue weighted by atomic mass is 79.9. The zero-order valence-corrected chi connectivity index (χ0v) is 12.2. The molecule has 0 N–H and O–H groups in total. The molecule has 2 aromatic rings. The maximum Gasteiger partial charge on any atom is 0.144 e. The molecule has 0 saturated carbocycles. The van der Waals surface area contributed by atoms with E-state index < -0.39 is 0 Å². The van der Waals surface area contributed by atoms with E-state index in [1.807, 2.05) is 13.0 Å². The van der Waals surface area contributed by atoms with Crippen molar-refractivity contribution in [1.29, 1.82) is 5.26 Å². The van der Waals surface area contributed by atoms with E-state index in [4.69, 9.17) is 4.74 Å². The van der Waals surface area contributed by atoms with Gasteiger partial charge in [-0.15, -0.1) is 0 Å². The number of hydrogen-bond donors (Lipinski definition) is 0. The third-order valence-corrected chi connectivity index (χ3v) is 4.19. The Balaban J connectivity index is 2.24. The van der Waals surface area contributed by atoms with Crippen LogP contribution in [0.4, 0.5) is 0 Å². The highest BCUT2D eigenvalue weighted by molar-refractivity contribution is 9.10. The van der Waals surface area contributed by atoms with Gasteiger partial charge in [0.2, 0.25) is 0 Å². The van der Waals surface area contributed by atoms with Gasteiger partial charge in [0.05, 0.1) is 12.1 Å². The number of halogens is 1. The number of aromatic nitrogens is 1. The number of rotatable bonds is 1. The van der Waals surface area contributed by atoms with Crippen molar-refractivity contribution in [3.05, 3.63) is 39.5 Å². The van der Waals surface area contributed by atoms with Gasteiger partial charge in [-0.05, 0) is 42.7 Å². The minimum absolute atomic E-state index is 0.291. The number of hydrogen-bond acceptors (Lipinski definition) is 3. The molecule has 1 saturated heterocycles. The summed E-state index contributed by atoms with van der Waals surface area (Å²) in [4.78, 5) is 4.51. The molecule has 3 rings (SSSR count). The Morgan fingerprint density at radius 1 is 1.42 bits per heavy atom. The standard InChI is InChI=1S/C15H13BrN2O/c1-9-4-13(16)12-6-11(10-2-3-19-8-10)15(7-17)18-14(12)5-9/h4-6,10H,2-3,8H2,1H3. The second kappa shape index (κ2) is 4.92. The largest absolute Gasteiger partial charge is 0.381 e. The minimum atomic E-state index is 0.291. The van der Waals surface area contributed by atoms with E-state index in [0.29, 0.717) is 18.2 Å². The van der Waals surface area contributed by atoms with Crippen LogP contribution in [-0.2, 0) is 4.74 Å². The Morgan fingerprint density at radius 3 is 2.95 bits per heavy atom. The molecule has 0 spiro atoms. The molecule has 1 aliphatic heterocycles. The number of fused-ring (bicyclic) bond motifs is 1. The Hall–Kier alpha value is -1.44. The van der Waals surface area contributed by atoms with Crippen LogP contribution in [0.3, 0.4) is 0 Å². The van der Waals surface area contributed by atoms with E-state index in [1.54, 1.807) is 0 Å². The van der Waals surface area contributed by atoms with Crippen LogP contribution in [0.1, 0.15) is 29.2 Å². The lowest BCUT2D eigenvalue weighted by molar-refractivity contribution is 0.194. The SMILES string of the molecule is Cc1cc(Br)c2cc(C3CCOC3)c(C#N)nc2c1. The second-order valence-electron chi connectivity index (χ2n) is 4.91. The number of ether oxygens (including phenoxy) is 1. The lowest BCUT2D eigenvalue weighted by atomic mass is 9.95. The summed E-state index contributed by atoms with van der Waals surface area (Å²) in [6.07, 6.45) is 0.964. The first-order valence-electron chi connectivity index (χ1n) is 6.27. The molecule has 0 bridgehead atoms. The Morgan fingerprint density at radius 2 is 2.26 bits per heavy atom. The summed E-state index contributed by atoms with van der Waals surface area (Å²) in [5.41, 5.74) is 3.54. The minimum Gasteiger partial charge on any atom is -0.381 e. The molecule has 1 fully saturated rings. The predicted octanol–water partition coefficient (Wildman–Crippen LogP) is 3.68.